The second kappa shape index (κ2) is 9.62. The van der Waals surface area contributed by atoms with Gasteiger partial charge < -0.3 is 10.6 Å². The molecule has 0 aromatic heterocycles. The van der Waals surface area contributed by atoms with Crippen LogP contribution in [0.5, 0.6) is 0 Å². The number of rotatable bonds is 8. The third-order valence-corrected chi connectivity index (χ3v) is 3.88. The number of Topliss-reactive ketones (excluding diaryl/α,β-unsaturated/α-hetero) is 1. The molecule has 1 unspecified atom stereocenters. The first-order valence-corrected chi connectivity index (χ1v) is 8.81. The minimum absolute atomic E-state index is 0.0394. The van der Waals surface area contributed by atoms with Crippen molar-refractivity contribution in [2.45, 2.75) is 38.8 Å². The van der Waals surface area contributed by atoms with Crippen molar-refractivity contribution in [1.29, 1.82) is 0 Å². The molecule has 0 saturated carbocycles. The van der Waals surface area contributed by atoms with Crippen LogP contribution >= 0.6 is 0 Å². The number of carbonyl (C=O) groups is 3. The van der Waals surface area contributed by atoms with Gasteiger partial charge in [-0.2, -0.15) is 0 Å². The van der Waals surface area contributed by atoms with Crippen LogP contribution < -0.4 is 10.6 Å². The minimum Gasteiger partial charge on any atom is -0.352 e. The van der Waals surface area contributed by atoms with Crippen molar-refractivity contribution < 1.29 is 18.8 Å². The maximum atomic E-state index is 13.6. The van der Waals surface area contributed by atoms with E-state index >= 15 is 0 Å². The van der Waals surface area contributed by atoms with Gasteiger partial charge in [0.25, 0.3) is 0 Å². The fourth-order valence-corrected chi connectivity index (χ4v) is 2.60. The molecule has 0 spiro atoms. The van der Waals surface area contributed by atoms with E-state index in [-0.39, 0.29) is 30.4 Å². The summed E-state index contributed by atoms with van der Waals surface area (Å²) in [5.74, 6) is -1.84. The highest BCUT2D eigenvalue weighted by Gasteiger charge is 2.23. The maximum Gasteiger partial charge on any atom is 0.247 e. The lowest BCUT2D eigenvalue weighted by Crippen LogP contribution is -2.42. The van der Waals surface area contributed by atoms with Gasteiger partial charge in [0.1, 0.15) is 11.9 Å². The van der Waals surface area contributed by atoms with Crippen molar-refractivity contribution in [3.63, 3.8) is 0 Å². The summed E-state index contributed by atoms with van der Waals surface area (Å²) in [5, 5.41) is 5.44. The van der Waals surface area contributed by atoms with Crippen LogP contribution in [0.4, 0.5) is 4.39 Å². The summed E-state index contributed by atoms with van der Waals surface area (Å²) in [5.41, 5.74) is 0.604. The van der Waals surface area contributed by atoms with Crippen molar-refractivity contribution in [3.8, 4) is 0 Å². The van der Waals surface area contributed by atoms with Gasteiger partial charge in [0.05, 0.1) is 5.56 Å². The SMILES string of the molecule is CC(C)NC(=O)C(NC(=O)CCC(=O)c1ccccc1F)c1ccccc1. The molecule has 1 atom stereocenters. The number of ketones is 1. The van der Waals surface area contributed by atoms with Crippen LogP contribution in [0.1, 0.15) is 48.7 Å². The zero-order chi connectivity index (χ0) is 19.8. The van der Waals surface area contributed by atoms with E-state index in [4.69, 9.17) is 0 Å². The molecule has 0 aliphatic carbocycles. The molecule has 0 fully saturated rings. The van der Waals surface area contributed by atoms with E-state index in [1.165, 1.54) is 18.2 Å². The molecule has 0 aliphatic heterocycles. The highest BCUT2D eigenvalue weighted by Crippen LogP contribution is 2.15. The Hall–Kier alpha value is -3.02. The lowest BCUT2D eigenvalue weighted by Gasteiger charge is -2.20. The second-order valence-electron chi connectivity index (χ2n) is 6.48. The molecule has 2 aromatic carbocycles. The number of benzene rings is 2. The van der Waals surface area contributed by atoms with Gasteiger partial charge in [-0.05, 0) is 31.5 Å². The van der Waals surface area contributed by atoms with E-state index in [1.54, 1.807) is 30.3 Å². The van der Waals surface area contributed by atoms with Gasteiger partial charge in [-0.15, -0.1) is 0 Å². The lowest BCUT2D eigenvalue weighted by atomic mass is 10.0. The zero-order valence-electron chi connectivity index (χ0n) is 15.4. The molecule has 0 bridgehead atoms. The Bertz CT molecular complexity index is 806. The molecule has 2 aromatic rings. The van der Waals surface area contributed by atoms with Gasteiger partial charge in [0.15, 0.2) is 5.78 Å². The Morgan fingerprint density at radius 2 is 1.52 bits per heavy atom. The smallest absolute Gasteiger partial charge is 0.247 e. The van der Waals surface area contributed by atoms with Crippen LogP contribution in [0.2, 0.25) is 0 Å². The van der Waals surface area contributed by atoms with Gasteiger partial charge in [-0.25, -0.2) is 4.39 Å². The standard InChI is InChI=1S/C21H23FN2O3/c1-14(2)23-21(27)20(15-8-4-3-5-9-15)24-19(26)13-12-18(25)16-10-6-7-11-17(16)22/h3-11,14,20H,12-13H2,1-2H3,(H,23,27)(H,24,26). The van der Waals surface area contributed by atoms with E-state index in [0.29, 0.717) is 5.56 Å². The molecule has 0 saturated heterocycles. The molecule has 6 heteroatoms. The molecule has 2 amide bonds. The molecule has 2 N–H and O–H groups in total. The van der Waals surface area contributed by atoms with Gasteiger partial charge in [-0.1, -0.05) is 42.5 Å². The van der Waals surface area contributed by atoms with E-state index < -0.39 is 23.5 Å². The predicted octanol–water partition coefficient (Wildman–Crippen LogP) is 3.17. The average molecular weight is 370 g/mol. The Morgan fingerprint density at radius 1 is 0.889 bits per heavy atom. The third-order valence-electron chi connectivity index (χ3n) is 3.88. The summed E-state index contributed by atoms with van der Waals surface area (Å²) in [6, 6.07) is 13.6. The van der Waals surface area contributed by atoms with Gasteiger partial charge in [-0.3, -0.25) is 14.4 Å². The highest BCUT2D eigenvalue weighted by atomic mass is 19.1. The first-order chi connectivity index (χ1) is 12.9. The third kappa shape index (κ3) is 6.02. The van der Waals surface area contributed by atoms with E-state index in [9.17, 15) is 18.8 Å². The minimum atomic E-state index is -0.857. The molecule has 0 aliphatic rings. The molecule has 0 heterocycles. The van der Waals surface area contributed by atoms with Crippen LogP contribution in [0.15, 0.2) is 54.6 Å². The fraction of sp³-hybridized carbons (Fsp3) is 0.286. The number of halogens is 1. The number of amides is 2. The topological polar surface area (TPSA) is 75.3 Å². The van der Waals surface area contributed by atoms with Crippen molar-refractivity contribution in [2.24, 2.45) is 0 Å². The quantitative estimate of drug-likeness (QED) is 0.701. The van der Waals surface area contributed by atoms with Gasteiger partial charge in [0, 0.05) is 18.9 Å². The first kappa shape index (κ1) is 20.3. The normalized spacial score (nSPS) is 11.7. The van der Waals surface area contributed by atoms with Crippen LogP contribution in [0.25, 0.3) is 0 Å². The van der Waals surface area contributed by atoms with Crippen molar-refractivity contribution >= 4 is 17.6 Å². The number of hydrogen-bond acceptors (Lipinski definition) is 3. The fourth-order valence-electron chi connectivity index (χ4n) is 2.60. The summed E-state index contributed by atoms with van der Waals surface area (Å²) >= 11 is 0. The zero-order valence-corrected chi connectivity index (χ0v) is 15.4. The highest BCUT2D eigenvalue weighted by molar-refractivity contribution is 5.98. The van der Waals surface area contributed by atoms with E-state index in [0.717, 1.165) is 0 Å². The average Bonchev–Trinajstić information content (AvgIpc) is 2.64. The largest absolute Gasteiger partial charge is 0.352 e. The molecule has 0 radical (unpaired) electrons. The Labute approximate surface area is 158 Å². The molecule has 27 heavy (non-hydrogen) atoms. The van der Waals surface area contributed by atoms with E-state index in [2.05, 4.69) is 10.6 Å². The van der Waals surface area contributed by atoms with Crippen molar-refractivity contribution in [3.05, 3.63) is 71.5 Å². The van der Waals surface area contributed by atoms with E-state index in [1.807, 2.05) is 19.9 Å². The number of carbonyl (C=O) groups excluding carboxylic acids is 3. The van der Waals surface area contributed by atoms with Gasteiger partial charge in [0.2, 0.25) is 11.8 Å². The molecular weight excluding hydrogens is 347 g/mol. The van der Waals surface area contributed by atoms with Gasteiger partial charge >= 0.3 is 0 Å². The number of nitrogens with one attached hydrogen (secondary N) is 2. The Balaban J connectivity index is 2.02. The summed E-state index contributed by atoms with van der Waals surface area (Å²) in [6.45, 7) is 3.66. The predicted molar refractivity (Wildman–Crippen MR) is 101 cm³/mol. The Morgan fingerprint density at radius 3 is 2.15 bits per heavy atom. The first-order valence-electron chi connectivity index (χ1n) is 8.81. The van der Waals surface area contributed by atoms with Crippen LogP contribution in [-0.2, 0) is 9.59 Å². The monoisotopic (exact) mass is 370 g/mol. The summed E-state index contributed by atoms with van der Waals surface area (Å²) < 4.78 is 13.6. The molecular formula is C21H23FN2O3. The molecule has 2 rings (SSSR count). The molecule has 5 nitrogen and oxygen atoms in total. The number of hydrogen-bond donors (Lipinski definition) is 2. The second-order valence-corrected chi connectivity index (χ2v) is 6.48. The van der Waals surface area contributed by atoms with Crippen LogP contribution in [0.3, 0.4) is 0 Å². The summed E-state index contributed by atoms with van der Waals surface area (Å²) in [4.78, 5) is 36.9. The van der Waals surface area contributed by atoms with Crippen molar-refractivity contribution in [2.75, 3.05) is 0 Å². The summed E-state index contributed by atoms with van der Waals surface area (Å²) in [7, 11) is 0. The Kier molecular flexibility index (Phi) is 7.23. The van der Waals surface area contributed by atoms with Crippen LogP contribution in [-0.4, -0.2) is 23.6 Å². The van der Waals surface area contributed by atoms with Crippen molar-refractivity contribution in [1.82, 2.24) is 10.6 Å². The lowest BCUT2D eigenvalue weighted by molar-refractivity contribution is -0.129. The summed E-state index contributed by atoms with van der Waals surface area (Å²) in [6.07, 6.45) is -0.272. The maximum absolute atomic E-state index is 13.6. The van der Waals surface area contributed by atoms with Crippen LogP contribution in [0, 0.1) is 5.82 Å². The molecule has 142 valence electrons.